The minimum Gasteiger partial charge on any atom is -0.350 e. The Hall–Kier alpha value is -1.57. The van der Waals surface area contributed by atoms with Gasteiger partial charge in [-0.2, -0.15) is 0 Å². The monoisotopic (exact) mass is 309 g/mol. The molecule has 0 heterocycles. The fourth-order valence-electron chi connectivity index (χ4n) is 5.86. The predicted octanol–water partition coefficient (Wildman–Crippen LogP) is 4.42. The highest BCUT2D eigenvalue weighted by molar-refractivity contribution is 5.91. The summed E-state index contributed by atoms with van der Waals surface area (Å²) in [6.45, 7) is 2.24. The van der Waals surface area contributed by atoms with E-state index in [1.807, 2.05) is 36.4 Å². The SMILES string of the molecule is C[C@@H](NC(=O)/C=C/c1ccccc1)C12CC3CC(CC(C3)C1)C2. The first-order valence-electron chi connectivity index (χ1n) is 9.17. The van der Waals surface area contributed by atoms with Gasteiger partial charge in [-0.3, -0.25) is 4.79 Å². The van der Waals surface area contributed by atoms with Crippen LogP contribution in [-0.4, -0.2) is 11.9 Å². The van der Waals surface area contributed by atoms with Crippen LogP contribution < -0.4 is 5.32 Å². The van der Waals surface area contributed by atoms with E-state index in [0.29, 0.717) is 11.5 Å². The summed E-state index contributed by atoms with van der Waals surface area (Å²) in [5, 5.41) is 3.28. The summed E-state index contributed by atoms with van der Waals surface area (Å²) in [5.41, 5.74) is 1.45. The largest absolute Gasteiger partial charge is 0.350 e. The van der Waals surface area contributed by atoms with Crippen molar-refractivity contribution in [3.8, 4) is 0 Å². The number of hydrogen-bond acceptors (Lipinski definition) is 1. The minimum absolute atomic E-state index is 0.0529. The summed E-state index contributed by atoms with van der Waals surface area (Å²) < 4.78 is 0. The molecule has 5 rings (SSSR count). The van der Waals surface area contributed by atoms with Crippen molar-refractivity contribution >= 4 is 12.0 Å². The number of carbonyl (C=O) groups excluding carboxylic acids is 1. The molecule has 2 nitrogen and oxygen atoms in total. The molecule has 4 aliphatic carbocycles. The van der Waals surface area contributed by atoms with E-state index in [1.54, 1.807) is 6.08 Å². The zero-order chi connectivity index (χ0) is 15.9. The second-order valence-corrected chi connectivity index (χ2v) is 8.25. The van der Waals surface area contributed by atoms with Crippen molar-refractivity contribution in [3.63, 3.8) is 0 Å². The molecule has 0 radical (unpaired) electrons. The second-order valence-electron chi connectivity index (χ2n) is 8.25. The Morgan fingerprint density at radius 2 is 1.65 bits per heavy atom. The van der Waals surface area contributed by atoms with Gasteiger partial charge in [-0.15, -0.1) is 0 Å². The number of benzene rings is 1. The van der Waals surface area contributed by atoms with Crippen LogP contribution >= 0.6 is 0 Å². The third kappa shape index (κ3) is 2.96. The van der Waals surface area contributed by atoms with Gasteiger partial charge in [0.1, 0.15) is 0 Å². The van der Waals surface area contributed by atoms with E-state index in [1.165, 1.54) is 38.5 Å². The van der Waals surface area contributed by atoms with Crippen LogP contribution in [0.25, 0.3) is 6.08 Å². The van der Waals surface area contributed by atoms with Gasteiger partial charge in [0.05, 0.1) is 0 Å². The van der Waals surface area contributed by atoms with Gasteiger partial charge in [0.15, 0.2) is 0 Å². The third-order valence-corrected chi connectivity index (χ3v) is 6.59. The summed E-state index contributed by atoms with van der Waals surface area (Å²) >= 11 is 0. The van der Waals surface area contributed by atoms with Crippen LogP contribution in [0, 0.1) is 23.2 Å². The molecule has 4 bridgehead atoms. The molecular weight excluding hydrogens is 282 g/mol. The predicted molar refractivity (Wildman–Crippen MR) is 93.7 cm³/mol. The zero-order valence-corrected chi connectivity index (χ0v) is 14.0. The van der Waals surface area contributed by atoms with Crippen LogP contribution in [-0.2, 0) is 4.79 Å². The third-order valence-electron chi connectivity index (χ3n) is 6.59. The van der Waals surface area contributed by atoms with E-state index < -0.39 is 0 Å². The summed E-state index contributed by atoms with van der Waals surface area (Å²) in [5.74, 6) is 2.85. The Bertz CT molecular complexity index is 568. The quantitative estimate of drug-likeness (QED) is 0.820. The normalized spacial score (nSPS) is 36.3. The van der Waals surface area contributed by atoms with Crippen LogP contribution in [0.15, 0.2) is 36.4 Å². The summed E-state index contributed by atoms with van der Waals surface area (Å²) in [7, 11) is 0. The van der Waals surface area contributed by atoms with E-state index >= 15 is 0 Å². The molecule has 0 unspecified atom stereocenters. The fraction of sp³-hybridized carbons (Fsp3) is 0.571. The summed E-state index contributed by atoms with van der Waals surface area (Å²) in [6, 6.07) is 10.3. The molecule has 4 fully saturated rings. The van der Waals surface area contributed by atoms with Crippen LogP contribution in [0.5, 0.6) is 0 Å². The topological polar surface area (TPSA) is 29.1 Å². The highest BCUT2D eigenvalue weighted by atomic mass is 16.1. The molecule has 0 aromatic heterocycles. The molecule has 2 heteroatoms. The molecule has 1 atom stereocenters. The molecule has 1 aromatic rings. The molecular formula is C21H27NO. The zero-order valence-electron chi connectivity index (χ0n) is 14.0. The molecule has 1 aromatic carbocycles. The van der Waals surface area contributed by atoms with Crippen molar-refractivity contribution in [1.29, 1.82) is 0 Å². The molecule has 0 spiro atoms. The standard InChI is InChI=1S/C21H27NO/c1-15(22-20(23)8-7-16-5-3-2-4-6-16)21-12-17-9-18(13-21)11-19(10-17)14-21/h2-8,15,17-19H,9-14H2,1H3,(H,22,23)/b8-7+/t15-,17?,18?,19?,21?/m1/s1. The fourth-order valence-corrected chi connectivity index (χ4v) is 5.86. The van der Waals surface area contributed by atoms with Crippen LogP contribution in [0.3, 0.4) is 0 Å². The van der Waals surface area contributed by atoms with Gasteiger partial charge in [-0.05, 0) is 80.3 Å². The van der Waals surface area contributed by atoms with Gasteiger partial charge >= 0.3 is 0 Å². The summed E-state index contributed by atoms with van der Waals surface area (Å²) in [4.78, 5) is 12.3. The molecule has 1 N–H and O–H groups in total. The number of rotatable bonds is 4. The lowest BCUT2D eigenvalue weighted by molar-refractivity contribution is -0.121. The maximum atomic E-state index is 12.3. The Labute approximate surface area is 139 Å². The number of amides is 1. The highest BCUT2D eigenvalue weighted by Gasteiger charge is 2.53. The minimum atomic E-state index is 0.0529. The van der Waals surface area contributed by atoms with Crippen LogP contribution in [0.2, 0.25) is 0 Å². The first-order chi connectivity index (χ1) is 11.1. The van der Waals surface area contributed by atoms with Crippen molar-refractivity contribution in [1.82, 2.24) is 5.32 Å². The van der Waals surface area contributed by atoms with Crippen molar-refractivity contribution in [3.05, 3.63) is 42.0 Å². The van der Waals surface area contributed by atoms with Gasteiger partial charge in [0.2, 0.25) is 5.91 Å². The highest BCUT2D eigenvalue weighted by Crippen LogP contribution is 2.61. The second kappa shape index (κ2) is 5.81. The summed E-state index contributed by atoms with van der Waals surface area (Å²) in [6.07, 6.45) is 12.0. The molecule has 1 amide bonds. The molecule has 0 aliphatic heterocycles. The van der Waals surface area contributed by atoms with Crippen molar-refractivity contribution in [2.45, 2.75) is 51.5 Å². The molecule has 4 aliphatic rings. The van der Waals surface area contributed by atoms with Crippen LogP contribution in [0.4, 0.5) is 0 Å². The van der Waals surface area contributed by atoms with Gasteiger partial charge in [-0.1, -0.05) is 30.3 Å². The van der Waals surface area contributed by atoms with E-state index in [2.05, 4.69) is 12.2 Å². The van der Waals surface area contributed by atoms with E-state index in [0.717, 1.165) is 23.3 Å². The number of carbonyl (C=O) groups is 1. The molecule has 23 heavy (non-hydrogen) atoms. The van der Waals surface area contributed by atoms with Crippen LogP contribution in [0.1, 0.15) is 51.0 Å². The van der Waals surface area contributed by atoms with Gasteiger partial charge in [0.25, 0.3) is 0 Å². The average molecular weight is 309 g/mol. The maximum absolute atomic E-state index is 12.3. The number of nitrogens with one attached hydrogen (secondary N) is 1. The van der Waals surface area contributed by atoms with Gasteiger partial charge < -0.3 is 5.32 Å². The van der Waals surface area contributed by atoms with Crippen molar-refractivity contribution < 1.29 is 4.79 Å². The van der Waals surface area contributed by atoms with Crippen molar-refractivity contribution in [2.75, 3.05) is 0 Å². The van der Waals surface area contributed by atoms with E-state index in [4.69, 9.17) is 0 Å². The average Bonchev–Trinajstić information content (AvgIpc) is 2.52. The molecule has 122 valence electrons. The molecule has 0 saturated heterocycles. The molecule has 4 saturated carbocycles. The van der Waals surface area contributed by atoms with E-state index in [-0.39, 0.29) is 5.91 Å². The number of hydrogen-bond donors (Lipinski definition) is 1. The Balaban J connectivity index is 1.41. The lowest BCUT2D eigenvalue weighted by Gasteiger charge is -2.59. The maximum Gasteiger partial charge on any atom is 0.244 e. The Morgan fingerprint density at radius 3 is 2.22 bits per heavy atom. The lowest BCUT2D eigenvalue weighted by atomic mass is 9.48. The first-order valence-corrected chi connectivity index (χ1v) is 9.17. The van der Waals surface area contributed by atoms with Crippen molar-refractivity contribution in [2.24, 2.45) is 23.2 Å². The lowest BCUT2D eigenvalue weighted by Crippen LogP contribution is -2.55. The first kappa shape index (κ1) is 15.0. The van der Waals surface area contributed by atoms with Gasteiger partial charge in [0, 0.05) is 12.1 Å². The van der Waals surface area contributed by atoms with Gasteiger partial charge in [-0.25, -0.2) is 0 Å². The Kier molecular flexibility index (Phi) is 3.79. The Morgan fingerprint density at radius 1 is 1.09 bits per heavy atom. The van der Waals surface area contributed by atoms with E-state index in [9.17, 15) is 4.79 Å². The smallest absolute Gasteiger partial charge is 0.244 e.